The molecule has 1 saturated carbocycles. The van der Waals surface area contributed by atoms with Crippen LogP contribution in [0.2, 0.25) is 0 Å². The normalized spacial score (nSPS) is 13.8. The van der Waals surface area contributed by atoms with Crippen LogP contribution in [-0.4, -0.2) is 37.0 Å². The van der Waals surface area contributed by atoms with Crippen LogP contribution in [0.15, 0.2) is 58.3 Å². The molecule has 1 aliphatic rings. The summed E-state index contributed by atoms with van der Waals surface area (Å²) in [6, 6.07) is 12.0. The van der Waals surface area contributed by atoms with E-state index in [0.29, 0.717) is 0 Å². The molecule has 1 aliphatic carbocycles. The first-order valence-corrected chi connectivity index (χ1v) is 11.5. The lowest BCUT2D eigenvalue weighted by Crippen LogP contribution is -2.20. The van der Waals surface area contributed by atoms with E-state index in [0.717, 1.165) is 30.4 Å². The minimum absolute atomic E-state index is 0.000000000000000444. The highest BCUT2D eigenvalue weighted by molar-refractivity contribution is 7.86. The van der Waals surface area contributed by atoms with Crippen LogP contribution in [0.1, 0.15) is 30.4 Å². The van der Waals surface area contributed by atoms with Crippen molar-refractivity contribution in [3.63, 3.8) is 0 Å². The predicted octanol–water partition coefficient (Wildman–Crippen LogP) is 3.35. The SMILES string of the molecule is Cc1ccc(S(=O)(=O)O)cc1.Cc1ccc(S(=O)(=O)O)cc1.O=C(O)C1CCC1. The van der Waals surface area contributed by atoms with Gasteiger partial charge in [-0.25, -0.2) is 0 Å². The Balaban J connectivity index is 0.000000223. The minimum atomic E-state index is -4.02. The number of carboxylic acids is 1. The molecule has 0 aromatic heterocycles. The lowest BCUT2D eigenvalue weighted by atomic mass is 9.86. The van der Waals surface area contributed by atoms with Crippen molar-refractivity contribution in [3.05, 3.63) is 59.7 Å². The average molecular weight is 445 g/mol. The van der Waals surface area contributed by atoms with Gasteiger partial charge in [-0.1, -0.05) is 41.8 Å². The van der Waals surface area contributed by atoms with Crippen LogP contribution < -0.4 is 0 Å². The molecule has 0 unspecified atom stereocenters. The molecule has 0 atom stereocenters. The Kier molecular flexibility index (Phi) is 8.96. The van der Waals surface area contributed by atoms with Gasteiger partial charge in [0.05, 0.1) is 15.7 Å². The third-order valence-corrected chi connectivity index (χ3v) is 5.83. The molecule has 0 aliphatic heterocycles. The van der Waals surface area contributed by atoms with Gasteiger partial charge in [0.2, 0.25) is 0 Å². The van der Waals surface area contributed by atoms with Crippen LogP contribution >= 0.6 is 0 Å². The fraction of sp³-hybridized carbons (Fsp3) is 0.316. The van der Waals surface area contributed by atoms with Gasteiger partial charge in [-0.15, -0.1) is 0 Å². The van der Waals surface area contributed by atoms with E-state index in [9.17, 15) is 21.6 Å². The van der Waals surface area contributed by atoms with Gasteiger partial charge in [0.25, 0.3) is 20.2 Å². The van der Waals surface area contributed by atoms with Crippen LogP contribution in [0.4, 0.5) is 0 Å². The second-order valence-electron chi connectivity index (χ2n) is 6.54. The van der Waals surface area contributed by atoms with E-state index in [1.807, 2.05) is 13.8 Å². The Labute approximate surface area is 170 Å². The molecular weight excluding hydrogens is 420 g/mol. The van der Waals surface area contributed by atoms with E-state index in [1.165, 1.54) is 24.3 Å². The Morgan fingerprint density at radius 2 is 1.07 bits per heavy atom. The molecule has 0 amide bonds. The highest BCUT2D eigenvalue weighted by atomic mass is 32.2. The molecule has 0 heterocycles. The van der Waals surface area contributed by atoms with Gasteiger partial charge in [-0.2, -0.15) is 16.8 Å². The summed E-state index contributed by atoms with van der Waals surface area (Å²) in [5.41, 5.74) is 1.91. The number of carboxylic acid groups (broad SMARTS) is 1. The summed E-state index contributed by atoms with van der Waals surface area (Å²) in [4.78, 5) is 9.85. The molecule has 0 bridgehead atoms. The van der Waals surface area contributed by atoms with Crippen LogP contribution in [0.25, 0.3) is 0 Å². The van der Waals surface area contributed by atoms with Crippen molar-refractivity contribution < 1.29 is 35.8 Å². The smallest absolute Gasteiger partial charge is 0.306 e. The van der Waals surface area contributed by atoms with Gasteiger partial charge in [0.15, 0.2) is 0 Å². The lowest BCUT2D eigenvalue weighted by molar-refractivity contribution is -0.144. The maximum Gasteiger partial charge on any atom is 0.306 e. The average Bonchev–Trinajstić information content (AvgIpc) is 2.53. The molecule has 160 valence electrons. The first-order valence-electron chi connectivity index (χ1n) is 8.62. The summed E-state index contributed by atoms with van der Waals surface area (Å²) in [7, 11) is -8.04. The molecule has 2 aromatic carbocycles. The van der Waals surface area contributed by atoms with Crippen molar-refractivity contribution in [2.24, 2.45) is 5.92 Å². The third-order valence-electron chi connectivity index (χ3n) is 4.09. The highest BCUT2D eigenvalue weighted by Gasteiger charge is 2.23. The quantitative estimate of drug-likeness (QED) is 0.611. The van der Waals surface area contributed by atoms with Crippen molar-refractivity contribution >= 4 is 26.2 Å². The van der Waals surface area contributed by atoms with E-state index in [4.69, 9.17) is 14.2 Å². The van der Waals surface area contributed by atoms with Crippen molar-refractivity contribution in [3.8, 4) is 0 Å². The van der Waals surface area contributed by atoms with E-state index in [2.05, 4.69) is 0 Å². The lowest BCUT2D eigenvalue weighted by Gasteiger charge is -2.19. The molecule has 3 N–H and O–H groups in total. The zero-order valence-corrected chi connectivity index (χ0v) is 17.6. The van der Waals surface area contributed by atoms with E-state index in [1.54, 1.807) is 24.3 Å². The summed E-state index contributed by atoms with van der Waals surface area (Å²) in [6.07, 6.45) is 2.90. The summed E-state index contributed by atoms with van der Waals surface area (Å²) < 4.78 is 59.1. The third kappa shape index (κ3) is 9.18. The van der Waals surface area contributed by atoms with Gasteiger partial charge in [-0.3, -0.25) is 13.9 Å². The number of aliphatic carboxylic acids is 1. The maximum absolute atomic E-state index is 10.5. The highest BCUT2D eigenvalue weighted by Crippen LogP contribution is 2.25. The van der Waals surface area contributed by atoms with Gasteiger partial charge < -0.3 is 5.11 Å². The molecule has 3 rings (SSSR count). The second kappa shape index (κ2) is 10.5. The molecule has 0 saturated heterocycles. The molecule has 1 fully saturated rings. The molecule has 29 heavy (non-hydrogen) atoms. The summed E-state index contributed by atoms with van der Waals surface area (Å²) in [5.74, 6) is -0.619. The molecule has 0 radical (unpaired) electrons. The number of aryl methyl sites for hydroxylation is 2. The first-order chi connectivity index (χ1) is 13.3. The Bertz CT molecular complexity index is 931. The number of rotatable bonds is 3. The fourth-order valence-corrected chi connectivity index (χ4v) is 3.04. The van der Waals surface area contributed by atoms with E-state index < -0.39 is 26.2 Å². The van der Waals surface area contributed by atoms with Crippen LogP contribution in [-0.2, 0) is 25.0 Å². The van der Waals surface area contributed by atoms with Gasteiger partial charge >= 0.3 is 5.97 Å². The van der Waals surface area contributed by atoms with Crippen LogP contribution in [0.3, 0.4) is 0 Å². The number of hydrogen-bond acceptors (Lipinski definition) is 5. The Morgan fingerprint density at radius 3 is 1.21 bits per heavy atom. The van der Waals surface area contributed by atoms with Gasteiger partial charge in [-0.05, 0) is 51.0 Å². The molecule has 8 nitrogen and oxygen atoms in total. The van der Waals surface area contributed by atoms with Crippen molar-refractivity contribution in [2.45, 2.75) is 42.9 Å². The zero-order valence-electron chi connectivity index (χ0n) is 16.0. The summed E-state index contributed by atoms with van der Waals surface area (Å²) in [5, 5.41) is 8.23. The van der Waals surface area contributed by atoms with E-state index in [-0.39, 0.29) is 15.7 Å². The topological polar surface area (TPSA) is 146 Å². The van der Waals surface area contributed by atoms with Gasteiger partial charge in [0.1, 0.15) is 0 Å². The van der Waals surface area contributed by atoms with Crippen molar-refractivity contribution in [2.75, 3.05) is 0 Å². The molecule has 0 spiro atoms. The molecule has 10 heteroatoms. The Morgan fingerprint density at radius 1 is 0.759 bits per heavy atom. The number of hydrogen-bond donors (Lipinski definition) is 3. The second-order valence-corrected chi connectivity index (χ2v) is 9.39. The zero-order chi connectivity index (χ0) is 22.2. The first kappa shape index (κ1) is 24.8. The fourth-order valence-electron chi connectivity index (χ4n) is 2.08. The predicted molar refractivity (Wildman–Crippen MR) is 107 cm³/mol. The minimum Gasteiger partial charge on any atom is -0.481 e. The van der Waals surface area contributed by atoms with Crippen molar-refractivity contribution in [1.82, 2.24) is 0 Å². The van der Waals surface area contributed by atoms with Crippen LogP contribution in [0.5, 0.6) is 0 Å². The largest absolute Gasteiger partial charge is 0.481 e. The standard InChI is InChI=1S/2C7H8O3S.C5H8O2/c2*1-6-2-4-7(5-3-6)11(8,9)10;6-5(7)4-2-1-3-4/h2*2-5H,1H3,(H,8,9,10);4H,1-3H2,(H,6,7). The number of carbonyl (C=O) groups is 1. The monoisotopic (exact) mass is 444 g/mol. The summed E-state index contributed by atoms with van der Waals surface area (Å²) >= 11 is 0. The van der Waals surface area contributed by atoms with E-state index >= 15 is 0 Å². The van der Waals surface area contributed by atoms with Gasteiger partial charge in [0, 0.05) is 0 Å². The molecule has 2 aromatic rings. The number of benzene rings is 2. The van der Waals surface area contributed by atoms with Crippen LogP contribution in [0, 0.1) is 19.8 Å². The molecular formula is C19H24O8S2. The Hall–Kier alpha value is -2.27. The summed E-state index contributed by atoms with van der Waals surface area (Å²) in [6.45, 7) is 3.68. The maximum atomic E-state index is 10.5. The van der Waals surface area contributed by atoms with Crippen molar-refractivity contribution in [1.29, 1.82) is 0 Å².